The molecule has 44 heavy (non-hydrogen) atoms. The van der Waals surface area contributed by atoms with Crippen LogP contribution in [0.25, 0.3) is 0 Å². The summed E-state index contributed by atoms with van der Waals surface area (Å²) in [6, 6.07) is 0. The first-order chi connectivity index (χ1) is 21.8. The Morgan fingerprint density at radius 2 is 0.705 bits per heavy atom. The van der Waals surface area contributed by atoms with E-state index in [0.29, 0.717) is 0 Å². The number of hydrogen-bond donors (Lipinski definition) is 0. The van der Waals surface area contributed by atoms with Gasteiger partial charge in [-0.2, -0.15) is 0 Å². The van der Waals surface area contributed by atoms with Crippen molar-refractivity contribution in [3.8, 4) is 0 Å². The molecule has 0 spiro atoms. The largest absolute Gasteiger partial charge is 0.256 e. The van der Waals surface area contributed by atoms with Gasteiger partial charge < -0.3 is 0 Å². The van der Waals surface area contributed by atoms with E-state index in [1.807, 2.05) is 0 Å². The third-order valence-corrected chi connectivity index (χ3v) is 10.1. The molecule has 1 aromatic rings. The topological polar surface area (TPSA) is 8.81 Å². The monoisotopic (exact) mass is 616 g/mol. The number of imidazole rings is 1. The molecular weight excluding hydrogens is 532 g/mol. The van der Waals surface area contributed by atoms with Crippen molar-refractivity contribution in [2.24, 2.45) is 0 Å². The SMILES string of the molecule is CCCCCCCCCCCCCCCCc1n(CCCCCCCCCCCCCCCC)cc[n+]1CCCCCCC. The molecule has 0 N–H and O–H groups in total. The van der Waals surface area contributed by atoms with Gasteiger partial charge in [0.15, 0.2) is 0 Å². The molecule has 2 nitrogen and oxygen atoms in total. The number of nitrogens with zero attached hydrogens (tertiary/aromatic N) is 2. The molecule has 0 radical (unpaired) electrons. The summed E-state index contributed by atoms with van der Waals surface area (Å²) in [7, 11) is 0. The van der Waals surface area contributed by atoms with Crippen molar-refractivity contribution < 1.29 is 4.57 Å². The second-order valence-corrected chi connectivity index (χ2v) is 14.5. The minimum Gasteiger partial charge on any atom is -0.234 e. The summed E-state index contributed by atoms with van der Waals surface area (Å²) < 4.78 is 5.26. The van der Waals surface area contributed by atoms with Crippen LogP contribution in [0.1, 0.15) is 238 Å². The van der Waals surface area contributed by atoms with Crippen LogP contribution in [0.4, 0.5) is 0 Å². The van der Waals surface area contributed by atoms with Gasteiger partial charge in [0.1, 0.15) is 12.4 Å². The molecular formula is C42H83N2+. The lowest BCUT2D eigenvalue weighted by Crippen LogP contribution is -2.37. The van der Waals surface area contributed by atoms with Crippen molar-refractivity contribution in [2.45, 2.75) is 252 Å². The first-order valence-electron chi connectivity index (χ1n) is 20.9. The number of aryl methyl sites for hydroxylation is 2. The van der Waals surface area contributed by atoms with Gasteiger partial charge in [-0.05, 0) is 32.1 Å². The Kier molecular flexibility index (Phi) is 31.5. The summed E-state index contributed by atoms with van der Waals surface area (Å²) in [4.78, 5) is 0. The zero-order valence-electron chi connectivity index (χ0n) is 31.0. The number of hydrogen-bond acceptors (Lipinski definition) is 0. The van der Waals surface area contributed by atoms with Crippen molar-refractivity contribution in [3.63, 3.8) is 0 Å². The summed E-state index contributed by atoms with van der Waals surface area (Å²) in [6.07, 6.45) is 53.4. The lowest BCUT2D eigenvalue weighted by molar-refractivity contribution is -0.704. The van der Waals surface area contributed by atoms with Gasteiger partial charge in [-0.1, -0.05) is 201 Å². The molecule has 0 fully saturated rings. The summed E-state index contributed by atoms with van der Waals surface area (Å²) in [6.45, 7) is 9.40. The molecule has 0 aliphatic carbocycles. The van der Waals surface area contributed by atoms with E-state index in [1.165, 1.54) is 231 Å². The van der Waals surface area contributed by atoms with Crippen LogP contribution in [0.2, 0.25) is 0 Å². The molecule has 260 valence electrons. The fourth-order valence-corrected chi connectivity index (χ4v) is 7.03. The molecule has 0 amide bonds. The Bertz CT molecular complexity index is 677. The third kappa shape index (κ3) is 25.4. The summed E-state index contributed by atoms with van der Waals surface area (Å²) >= 11 is 0. The molecule has 0 saturated heterocycles. The highest BCUT2D eigenvalue weighted by Gasteiger charge is 2.16. The van der Waals surface area contributed by atoms with E-state index in [1.54, 1.807) is 5.82 Å². The van der Waals surface area contributed by atoms with Crippen molar-refractivity contribution >= 4 is 0 Å². The van der Waals surface area contributed by atoms with E-state index in [2.05, 4.69) is 42.3 Å². The van der Waals surface area contributed by atoms with Crippen LogP contribution in [-0.4, -0.2) is 4.57 Å². The van der Waals surface area contributed by atoms with Gasteiger partial charge in [-0.15, -0.1) is 0 Å². The van der Waals surface area contributed by atoms with E-state index in [9.17, 15) is 0 Å². The highest BCUT2D eigenvalue weighted by molar-refractivity contribution is 4.84. The molecule has 1 rings (SSSR count). The van der Waals surface area contributed by atoms with Crippen molar-refractivity contribution in [3.05, 3.63) is 18.2 Å². The van der Waals surface area contributed by atoms with Crippen molar-refractivity contribution in [1.29, 1.82) is 0 Å². The van der Waals surface area contributed by atoms with E-state index in [-0.39, 0.29) is 0 Å². The highest BCUT2D eigenvalue weighted by Crippen LogP contribution is 2.16. The lowest BCUT2D eigenvalue weighted by atomic mass is 10.0. The fraction of sp³-hybridized carbons (Fsp3) is 0.929. The van der Waals surface area contributed by atoms with Crippen LogP contribution in [0.3, 0.4) is 0 Å². The Balaban J connectivity index is 2.19. The minimum absolute atomic E-state index is 1.23. The lowest BCUT2D eigenvalue weighted by Gasteiger charge is -2.07. The van der Waals surface area contributed by atoms with Crippen LogP contribution in [-0.2, 0) is 19.5 Å². The number of rotatable bonds is 36. The van der Waals surface area contributed by atoms with Crippen LogP contribution < -0.4 is 4.57 Å². The molecule has 0 saturated carbocycles. The Hall–Kier alpha value is -0.790. The minimum atomic E-state index is 1.23. The molecule has 0 aliphatic rings. The predicted molar refractivity (Wildman–Crippen MR) is 198 cm³/mol. The zero-order chi connectivity index (χ0) is 31.6. The summed E-state index contributed by atoms with van der Waals surface area (Å²) in [5.41, 5.74) is 0. The second-order valence-electron chi connectivity index (χ2n) is 14.5. The van der Waals surface area contributed by atoms with E-state index in [0.717, 1.165) is 0 Å². The van der Waals surface area contributed by atoms with Crippen LogP contribution in [0.15, 0.2) is 12.4 Å². The van der Waals surface area contributed by atoms with Gasteiger partial charge in [0.2, 0.25) is 0 Å². The highest BCUT2D eigenvalue weighted by atomic mass is 15.1. The van der Waals surface area contributed by atoms with Gasteiger partial charge >= 0.3 is 0 Å². The Labute approximate surface area is 279 Å². The molecule has 0 aliphatic heterocycles. The summed E-state index contributed by atoms with van der Waals surface area (Å²) in [5.74, 6) is 1.62. The maximum absolute atomic E-state index is 2.63. The van der Waals surface area contributed by atoms with E-state index >= 15 is 0 Å². The predicted octanol–water partition coefficient (Wildman–Crippen LogP) is 14.3. The van der Waals surface area contributed by atoms with Gasteiger partial charge in [0, 0.05) is 6.42 Å². The number of unbranched alkanes of at least 4 members (excludes halogenated alkanes) is 30. The standard InChI is InChI=1S/C42H83N2/c1-4-7-10-13-15-17-19-21-23-25-27-29-31-34-37-42-43(38-35-32-12-9-6-3)40-41-44(42)39-36-33-30-28-26-24-22-20-18-16-14-11-8-5-2/h40-41H,4-39H2,1-3H3/q+1. The normalized spacial score (nSPS) is 11.6. The van der Waals surface area contributed by atoms with E-state index in [4.69, 9.17) is 0 Å². The maximum Gasteiger partial charge on any atom is 0.256 e. The molecule has 0 unspecified atom stereocenters. The van der Waals surface area contributed by atoms with Crippen LogP contribution >= 0.6 is 0 Å². The maximum atomic E-state index is 2.63. The quantitative estimate of drug-likeness (QED) is 0.0524. The zero-order valence-corrected chi connectivity index (χ0v) is 31.0. The van der Waals surface area contributed by atoms with Gasteiger partial charge in [-0.3, -0.25) is 0 Å². The van der Waals surface area contributed by atoms with Gasteiger partial charge in [0.25, 0.3) is 5.82 Å². The molecule has 2 heteroatoms. The van der Waals surface area contributed by atoms with Crippen molar-refractivity contribution in [1.82, 2.24) is 4.57 Å². The molecule has 0 bridgehead atoms. The molecule has 1 heterocycles. The van der Waals surface area contributed by atoms with Gasteiger partial charge in [0.05, 0.1) is 13.1 Å². The smallest absolute Gasteiger partial charge is 0.234 e. The fourth-order valence-electron chi connectivity index (χ4n) is 7.03. The first kappa shape index (κ1) is 41.2. The van der Waals surface area contributed by atoms with Crippen LogP contribution in [0, 0.1) is 0 Å². The second kappa shape index (κ2) is 33.6. The average molecular weight is 616 g/mol. The van der Waals surface area contributed by atoms with Crippen molar-refractivity contribution in [2.75, 3.05) is 0 Å². The number of aromatic nitrogens is 2. The third-order valence-electron chi connectivity index (χ3n) is 10.1. The molecule has 0 atom stereocenters. The first-order valence-corrected chi connectivity index (χ1v) is 20.9. The summed E-state index contributed by atoms with van der Waals surface area (Å²) in [5, 5.41) is 0. The van der Waals surface area contributed by atoms with Crippen LogP contribution in [0.5, 0.6) is 0 Å². The van der Waals surface area contributed by atoms with E-state index < -0.39 is 0 Å². The molecule has 1 aromatic heterocycles. The Morgan fingerprint density at radius 1 is 0.386 bits per heavy atom. The van der Waals surface area contributed by atoms with Gasteiger partial charge in [-0.25, -0.2) is 9.13 Å². The molecule has 0 aromatic carbocycles. The average Bonchev–Trinajstić information content (AvgIpc) is 3.42. The Morgan fingerprint density at radius 3 is 1.09 bits per heavy atom.